The Kier molecular flexibility index (Phi) is 6.71. The van der Waals surface area contributed by atoms with Crippen LogP contribution in [0.2, 0.25) is 0 Å². The highest BCUT2D eigenvalue weighted by atomic mass is 16.5. The number of aryl methyl sites for hydroxylation is 1. The monoisotopic (exact) mass is 235 g/mol. The topological polar surface area (TPSA) is 21.3 Å². The predicted molar refractivity (Wildman–Crippen MR) is 73.7 cm³/mol. The fourth-order valence-electron chi connectivity index (χ4n) is 1.90. The van der Waals surface area contributed by atoms with Gasteiger partial charge < -0.3 is 10.1 Å². The van der Waals surface area contributed by atoms with Crippen molar-refractivity contribution in [3.63, 3.8) is 0 Å². The molecule has 0 bridgehead atoms. The van der Waals surface area contributed by atoms with Gasteiger partial charge in [0.15, 0.2) is 0 Å². The summed E-state index contributed by atoms with van der Waals surface area (Å²) in [6.45, 7) is 5.15. The molecule has 1 rings (SSSR count). The standard InChI is InChI=1S/C15H25NO/c1-4-6-13-8-10-15(11-9-13)17-12-14(16-3)7-5-2/h8-11,14,16H,4-7,12H2,1-3H3. The van der Waals surface area contributed by atoms with Crippen LogP contribution in [0.1, 0.15) is 38.7 Å². The molecule has 0 aromatic heterocycles. The van der Waals surface area contributed by atoms with Crippen LogP contribution in [-0.2, 0) is 6.42 Å². The molecule has 0 heterocycles. The molecule has 0 aliphatic rings. The van der Waals surface area contributed by atoms with Crippen LogP contribution in [0.4, 0.5) is 0 Å². The van der Waals surface area contributed by atoms with Gasteiger partial charge in [0.1, 0.15) is 12.4 Å². The first-order valence-electron chi connectivity index (χ1n) is 6.69. The lowest BCUT2D eigenvalue weighted by atomic mass is 10.1. The Bertz CT molecular complexity index is 294. The van der Waals surface area contributed by atoms with Crippen molar-refractivity contribution in [2.75, 3.05) is 13.7 Å². The highest BCUT2D eigenvalue weighted by Gasteiger charge is 2.05. The van der Waals surface area contributed by atoms with Crippen LogP contribution < -0.4 is 10.1 Å². The van der Waals surface area contributed by atoms with Gasteiger partial charge in [-0.05, 0) is 37.6 Å². The summed E-state index contributed by atoms with van der Waals surface area (Å²) in [5.74, 6) is 0.973. The molecule has 1 unspecified atom stereocenters. The summed E-state index contributed by atoms with van der Waals surface area (Å²) in [7, 11) is 1.99. The maximum absolute atomic E-state index is 5.78. The van der Waals surface area contributed by atoms with Crippen molar-refractivity contribution in [3.05, 3.63) is 29.8 Å². The molecule has 0 radical (unpaired) electrons. The lowest BCUT2D eigenvalue weighted by Gasteiger charge is -2.16. The van der Waals surface area contributed by atoms with Crippen molar-refractivity contribution >= 4 is 0 Å². The van der Waals surface area contributed by atoms with Crippen molar-refractivity contribution in [1.82, 2.24) is 5.32 Å². The van der Waals surface area contributed by atoms with Crippen LogP contribution in [0.5, 0.6) is 5.75 Å². The van der Waals surface area contributed by atoms with Gasteiger partial charge in [-0.25, -0.2) is 0 Å². The van der Waals surface area contributed by atoms with Crippen molar-refractivity contribution in [2.24, 2.45) is 0 Å². The number of rotatable bonds is 8. The second kappa shape index (κ2) is 8.13. The van der Waals surface area contributed by atoms with Crippen LogP contribution >= 0.6 is 0 Å². The SMILES string of the molecule is CCCc1ccc(OCC(CCC)NC)cc1. The first kappa shape index (κ1) is 14.0. The molecule has 0 saturated heterocycles. The van der Waals surface area contributed by atoms with E-state index in [0.29, 0.717) is 6.04 Å². The van der Waals surface area contributed by atoms with E-state index in [9.17, 15) is 0 Å². The van der Waals surface area contributed by atoms with Gasteiger partial charge in [0, 0.05) is 6.04 Å². The molecule has 1 atom stereocenters. The lowest BCUT2D eigenvalue weighted by Crippen LogP contribution is -2.31. The largest absolute Gasteiger partial charge is 0.492 e. The zero-order valence-corrected chi connectivity index (χ0v) is 11.3. The molecule has 0 aliphatic heterocycles. The van der Waals surface area contributed by atoms with Gasteiger partial charge in [0.25, 0.3) is 0 Å². The summed E-state index contributed by atoms with van der Waals surface area (Å²) in [5.41, 5.74) is 1.39. The van der Waals surface area contributed by atoms with Crippen LogP contribution in [0.25, 0.3) is 0 Å². The highest BCUT2D eigenvalue weighted by Crippen LogP contribution is 2.14. The number of nitrogens with one attached hydrogen (secondary N) is 1. The fourth-order valence-corrected chi connectivity index (χ4v) is 1.90. The van der Waals surface area contributed by atoms with Crippen LogP contribution in [-0.4, -0.2) is 19.7 Å². The normalized spacial score (nSPS) is 12.4. The van der Waals surface area contributed by atoms with E-state index in [1.54, 1.807) is 0 Å². The second-order valence-corrected chi connectivity index (χ2v) is 4.48. The molecule has 1 aromatic rings. The maximum Gasteiger partial charge on any atom is 0.119 e. The van der Waals surface area contributed by atoms with Crippen molar-refractivity contribution in [2.45, 2.75) is 45.6 Å². The van der Waals surface area contributed by atoms with Crippen molar-refractivity contribution in [1.29, 1.82) is 0 Å². The molecule has 17 heavy (non-hydrogen) atoms. The van der Waals surface area contributed by atoms with Gasteiger partial charge >= 0.3 is 0 Å². The number of hydrogen-bond donors (Lipinski definition) is 1. The molecule has 1 aromatic carbocycles. The van der Waals surface area contributed by atoms with Crippen LogP contribution in [0.3, 0.4) is 0 Å². The Morgan fingerprint density at radius 2 is 1.82 bits per heavy atom. The molecule has 0 saturated carbocycles. The first-order chi connectivity index (χ1) is 8.30. The highest BCUT2D eigenvalue weighted by molar-refractivity contribution is 5.27. The van der Waals surface area contributed by atoms with Crippen LogP contribution in [0, 0.1) is 0 Å². The van der Waals surface area contributed by atoms with E-state index in [-0.39, 0.29) is 0 Å². The van der Waals surface area contributed by atoms with Gasteiger partial charge in [0.2, 0.25) is 0 Å². The zero-order chi connectivity index (χ0) is 12.5. The van der Waals surface area contributed by atoms with Gasteiger partial charge in [-0.1, -0.05) is 38.8 Å². The molecule has 0 aliphatic carbocycles. The molecule has 96 valence electrons. The third-order valence-corrected chi connectivity index (χ3v) is 2.96. The molecule has 0 fully saturated rings. The van der Waals surface area contributed by atoms with E-state index in [1.807, 2.05) is 7.05 Å². The molecule has 0 amide bonds. The molecule has 2 nitrogen and oxygen atoms in total. The summed E-state index contributed by atoms with van der Waals surface area (Å²) in [4.78, 5) is 0. The summed E-state index contributed by atoms with van der Waals surface area (Å²) >= 11 is 0. The Morgan fingerprint density at radius 1 is 1.12 bits per heavy atom. The quantitative estimate of drug-likeness (QED) is 0.745. The Balaban J connectivity index is 2.40. The van der Waals surface area contributed by atoms with E-state index >= 15 is 0 Å². The second-order valence-electron chi connectivity index (χ2n) is 4.48. The van der Waals surface area contributed by atoms with Gasteiger partial charge in [-0.15, -0.1) is 0 Å². The minimum atomic E-state index is 0.454. The number of ether oxygens (including phenoxy) is 1. The summed E-state index contributed by atoms with van der Waals surface area (Å²) in [6.07, 6.45) is 4.68. The van der Waals surface area contributed by atoms with E-state index < -0.39 is 0 Å². The van der Waals surface area contributed by atoms with E-state index in [4.69, 9.17) is 4.74 Å². The average Bonchev–Trinajstić information content (AvgIpc) is 2.36. The lowest BCUT2D eigenvalue weighted by molar-refractivity contribution is 0.262. The molecule has 2 heteroatoms. The predicted octanol–water partition coefficient (Wildman–Crippen LogP) is 3.41. The maximum atomic E-state index is 5.78. The Hall–Kier alpha value is -1.02. The summed E-state index contributed by atoms with van der Waals surface area (Å²) < 4.78 is 5.78. The molecular weight excluding hydrogens is 210 g/mol. The van der Waals surface area contributed by atoms with Crippen molar-refractivity contribution < 1.29 is 4.74 Å². The smallest absolute Gasteiger partial charge is 0.119 e. The average molecular weight is 235 g/mol. The number of hydrogen-bond acceptors (Lipinski definition) is 2. The summed E-state index contributed by atoms with van der Waals surface area (Å²) in [5, 5.41) is 3.28. The Labute approximate surface area is 105 Å². The van der Waals surface area contributed by atoms with Crippen molar-refractivity contribution in [3.8, 4) is 5.75 Å². The molecule has 1 N–H and O–H groups in total. The van der Waals surface area contributed by atoms with E-state index in [2.05, 4.69) is 43.4 Å². The van der Waals surface area contributed by atoms with Gasteiger partial charge in [-0.2, -0.15) is 0 Å². The fraction of sp³-hybridized carbons (Fsp3) is 0.600. The minimum absolute atomic E-state index is 0.454. The molecular formula is C15H25NO. The zero-order valence-electron chi connectivity index (χ0n) is 11.3. The van der Waals surface area contributed by atoms with E-state index in [0.717, 1.165) is 25.2 Å². The summed E-state index contributed by atoms with van der Waals surface area (Å²) in [6, 6.07) is 8.92. The van der Waals surface area contributed by atoms with Gasteiger partial charge in [0.05, 0.1) is 0 Å². The van der Waals surface area contributed by atoms with Gasteiger partial charge in [-0.3, -0.25) is 0 Å². The minimum Gasteiger partial charge on any atom is -0.492 e. The third-order valence-electron chi connectivity index (χ3n) is 2.96. The number of likely N-dealkylation sites (N-methyl/N-ethyl adjacent to an activating group) is 1. The van der Waals surface area contributed by atoms with E-state index in [1.165, 1.54) is 18.4 Å². The molecule has 0 spiro atoms. The Morgan fingerprint density at radius 3 is 2.35 bits per heavy atom. The first-order valence-corrected chi connectivity index (χ1v) is 6.69. The number of benzene rings is 1. The third kappa shape index (κ3) is 5.22. The van der Waals surface area contributed by atoms with Crippen LogP contribution in [0.15, 0.2) is 24.3 Å².